The molecule has 45 heavy (non-hydrogen) atoms. The standard InChI is InChI=1S/C34H41ClF3N3O4/c1-20-16-24(19-26(35)17-20)29-31(45)41(33(40-29)13-10-25(11-14-33)32(3,4)5)27(12-15-34(36,37)38)22-6-8-23(9-7-22)30(44)39-21(2)18-28(42)43/h6-9,16-17,19,21,25,27H,10-15,18H2,1-5H3,(H,39,44)(H,42,43)/t21-,25?,27?,33?/m0/s1. The number of aryl methyl sites for hydroxylation is 1. The maximum Gasteiger partial charge on any atom is 0.389 e. The minimum Gasteiger partial charge on any atom is -0.481 e. The Hall–Kier alpha value is -3.40. The molecule has 2 amide bonds. The molecule has 2 atom stereocenters. The molecule has 1 unspecified atom stereocenters. The Morgan fingerprint density at radius 2 is 1.73 bits per heavy atom. The Labute approximate surface area is 267 Å². The van der Waals surface area contributed by atoms with Crippen LogP contribution in [0.1, 0.15) is 106 Å². The summed E-state index contributed by atoms with van der Waals surface area (Å²) in [6.45, 7) is 9.93. The van der Waals surface area contributed by atoms with Crippen LogP contribution >= 0.6 is 11.6 Å². The molecule has 11 heteroatoms. The molecule has 4 rings (SSSR count). The first-order valence-corrected chi connectivity index (χ1v) is 15.7. The van der Waals surface area contributed by atoms with Crippen LogP contribution in [0, 0.1) is 18.3 Å². The lowest BCUT2D eigenvalue weighted by atomic mass is 9.69. The lowest BCUT2D eigenvalue weighted by Crippen LogP contribution is -2.51. The van der Waals surface area contributed by atoms with Crippen molar-refractivity contribution in [2.45, 2.75) is 103 Å². The van der Waals surface area contributed by atoms with E-state index in [1.165, 1.54) is 12.1 Å². The molecule has 0 aromatic heterocycles. The van der Waals surface area contributed by atoms with Gasteiger partial charge in [-0.2, -0.15) is 13.2 Å². The summed E-state index contributed by atoms with van der Waals surface area (Å²) in [4.78, 5) is 44.7. The molecule has 1 spiro atoms. The summed E-state index contributed by atoms with van der Waals surface area (Å²) in [6.07, 6.45) is -3.65. The number of carbonyl (C=O) groups is 3. The maximum atomic E-state index is 14.4. The first kappa shape index (κ1) is 34.5. The number of carboxylic acid groups (broad SMARTS) is 1. The number of alkyl halides is 3. The number of aliphatic carboxylic acids is 1. The highest BCUT2D eigenvalue weighted by molar-refractivity contribution is 6.47. The van der Waals surface area contributed by atoms with Crippen LogP contribution in [0.2, 0.25) is 5.02 Å². The van der Waals surface area contributed by atoms with Crippen molar-refractivity contribution in [3.63, 3.8) is 0 Å². The van der Waals surface area contributed by atoms with Crippen LogP contribution < -0.4 is 5.32 Å². The van der Waals surface area contributed by atoms with E-state index in [1.54, 1.807) is 36.1 Å². The fourth-order valence-corrected chi connectivity index (χ4v) is 6.92. The second-order valence-corrected chi connectivity index (χ2v) is 14.0. The van der Waals surface area contributed by atoms with Gasteiger partial charge in [0, 0.05) is 28.6 Å². The third-order valence-corrected chi connectivity index (χ3v) is 9.16. The Balaban J connectivity index is 1.75. The number of hydrogen-bond donors (Lipinski definition) is 2. The van der Waals surface area contributed by atoms with Gasteiger partial charge in [-0.25, -0.2) is 0 Å². The predicted octanol–water partition coefficient (Wildman–Crippen LogP) is 7.89. The maximum absolute atomic E-state index is 14.4. The average molecular weight is 648 g/mol. The second-order valence-electron chi connectivity index (χ2n) is 13.5. The molecule has 0 bridgehead atoms. The summed E-state index contributed by atoms with van der Waals surface area (Å²) in [7, 11) is 0. The number of benzene rings is 2. The van der Waals surface area contributed by atoms with Crippen molar-refractivity contribution in [1.29, 1.82) is 0 Å². The van der Waals surface area contributed by atoms with E-state index in [2.05, 4.69) is 26.1 Å². The number of amides is 2. The van der Waals surface area contributed by atoms with E-state index < -0.39 is 48.1 Å². The van der Waals surface area contributed by atoms with E-state index >= 15 is 0 Å². The number of hydrogen-bond acceptors (Lipinski definition) is 4. The monoisotopic (exact) mass is 647 g/mol. The summed E-state index contributed by atoms with van der Waals surface area (Å²) in [5.74, 6) is -1.63. The van der Waals surface area contributed by atoms with Gasteiger partial charge in [0.25, 0.3) is 11.8 Å². The smallest absolute Gasteiger partial charge is 0.389 e. The van der Waals surface area contributed by atoms with E-state index in [4.69, 9.17) is 21.7 Å². The molecule has 1 saturated carbocycles. The SMILES string of the molecule is Cc1cc(Cl)cc(C2=NC3(CCC(C(C)(C)C)CC3)N(C(CCC(F)(F)F)c3ccc(C(=O)N[C@@H](C)CC(=O)O)cc3)C2=O)c1. The van der Waals surface area contributed by atoms with Crippen LogP contribution in [0.4, 0.5) is 13.2 Å². The Kier molecular flexibility index (Phi) is 10.1. The first-order valence-electron chi connectivity index (χ1n) is 15.3. The molecule has 0 saturated heterocycles. The largest absolute Gasteiger partial charge is 0.481 e. The van der Waals surface area contributed by atoms with Crippen LogP contribution in [0.15, 0.2) is 47.5 Å². The van der Waals surface area contributed by atoms with Gasteiger partial charge in [-0.05, 0) is 98.7 Å². The number of aliphatic imine (C=N–C) groups is 1. The van der Waals surface area contributed by atoms with Crippen LogP contribution in [-0.4, -0.2) is 51.4 Å². The Bertz CT molecular complexity index is 1440. The van der Waals surface area contributed by atoms with Gasteiger partial charge in [-0.1, -0.05) is 44.5 Å². The summed E-state index contributed by atoms with van der Waals surface area (Å²) in [5.41, 5.74) is 1.24. The molecule has 1 aliphatic carbocycles. The molecular formula is C34H41ClF3N3O4. The minimum atomic E-state index is -4.45. The van der Waals surface area contributed by atoms with Gasteiger partial charge < -0.3 is 15.3 Å². The fourth-order valence-electron chi connectivity index (χ4n) is 6.63. The van der Waals surface area contributed by atoms with E-state index in [9.17, 15) is 27.6 Å². The number of carbonyl (C=O) groups excluding carboxylic acids is 2. The van der Waals surface area contributed by atoms with Gasteiger partial charge in [0.1, 0.15) is 11.4 Å². The highest BCUT2D eigenvalue weighted by Crippen LogP contribution is 2.50. The zero-order chi connectivity index (χ0) is 33.3. The minimum absolute atomic E-state index is 0.0275. The number of rotatable bonds is 9. The third-order valence-electron chi connectivity index (χ3n) is 8.95. The van der Waals surface area contributed by atoms with E-state index in [0.717, 1.165) is 18.4 Å². The molecule has 2 aromatic rings. The van der Waals surface area contributed by atoms with E-state index in [0.29, 0.717) is 34.9 Å². The number of carboxylic acids is 1. The molecule has 1 heterocycles. The molecule has 1 aliphatic heterocycles. The van der Waals surface area contributed by atoms with Crippen LogP contribution in [0.3, 0.4) is 0 Å². The van der Waals surface area contributed by atoms with Gasteiger partial charge >= 0.3 is 12.1 Å². The number of halogens is 4. The summed E-state index contributed by atoms with van der Waals surface area (Å²) >= 11 is 6.35. The van der Waals surface area contributed by atoms with Crippen molar-refractivity contribution in [2.75, 3.05) is 0 Å². The molecule has 2 aliphatic rings. The van der Waals surface area contributed by atoms with Crippen molar-refractivity contribution >= 4 is 35.1 Å². The molecule has 244 valence electrons. The molecule has 2 aromatic carbocycles. The summed E-state index contributed by atoms with van der Waals surface area (Å²) < 4.78 is 41.1. The lowest BCUT2D eigenvalue weighted by Gasteiger charge is -2.47. The number of nitrogens with zero attached hydrogens (tertiary/aromatic N) is 2. The molecular weight excluding hydrogens is 607 g/mol. The summed E-state index contributed by atoms with van der Waals surface area (Å²) in [6, 6.07) is 9.77. The van der Waals surface area contributed by atoms with Crippen LogP contribution in [0.5, 0.6) is 0 Å². The van der Waals surface area contributed by atoms with Crippen molar-refractivity contribution in [2.24, 2.45) is 16.3 Å². The topological polar surface area (TPSA) is 99.1 Å². The van der Waals surface area contributed by atoms with Crippen LogP contribution in [0.25, 0.3) is 0 Å². The quantitative estimate of drug-likeness (QED) is 0.289. The molecule has 1 fully saturated rings. The van der Waals surface area contributed by atoms with Crippen molar-refractivity contribution in [3.05, 3.63) is 69.7 Å². The first-order chi connectivity index (χ1) is 20.9. The third kappa shape index (κ3) is 8.26. The van der Waals surface area contributed by atoms with Gasteiger partial charge in [-0.3, -0.25) is 19.4 Å². The Morgan fingerprint density at radius 3 is 2.27 bits per heavy atom. The van der Waals surface area contributed by atoms with E-state index in [1.807, 2.05) is 13.0 Å². The molecule has 2 N–H and O–H groups in total. The van der Waals surface area contributed by atoms with Gasteiger partial charge in [0.15, 0.2) is 0 Å². The highest BCUT2D eigenvalue weighted by Gasteiger charge is 2.53. The zero-order valence-electron chi connectivity index (χ0n) is 26.3. The lowest BCUT2D eigenvalue weighted by molar-refractivity contribution is -0.147. The molecule has 7 nitrogen and oxygen atoms in total. The van der Waals surface area contributed by atoms with Crippen molar-refractivity contribution < 1.29 is 32.7 Å². The number of nitrogens with one attached hydrogen (secondary N) is 1. The summed E-state index contributed by atoms with van der Waals surface area (Å²) in [5, 5.41) is 12.0. The Morgan fingerprint density at radius 1 is 1.11 bits per heavy atom. The van der Waals surface area contributed by atoms with Crippen molar-refractivity contribution in [1.82, 2.24) is 10.2 Å². The van der Waals surface area contributed by atoms with Crippen molar-refractivity contribution in [3.8, 4) is 0 Å². The fraction of sp³-hybridized carbons (Fsp3) is 0.529. The highest BCUT2D eigenvalue weighted by atomic mass is 35.5. The van der Waals surface area contributed by atoms with Crippen LogP contribution in [-0.2, 0) is 9.59 Å². The van der Waals surface area contributed by atoms with Gasteiger partial charge in [0.2, 0.25) is 0 Å². The zero-order valence-corrected chi connectivity index (χ0v) is 27.1. The van der Waals surface area contributed by atoms with Gasteiger partial charge in [0.05, 0.1) is 12.5 Å². The second kappa shape index (κ2) is 13.1. The average Bonchev–Trinajstić information content (AvgIpc) is 3.18. The predicted molar refractivity (Wildman–Crippen MR) is 167 cm³/mol. The van der Waals surface area contributed by atoms with E-state index in [-0.39, 0.29) is 29.5 Å². The molecule has 0 radical (unpaired) electrons. The van der Waals surface area contributed by atoms with Gasteiger partial charge in [-0.15, -0.1) is 0 Å². The normalized spacial score (nSPS) is 21.9.